The number of hydrogen-bond acceptors (Lipinski definition) is 7. The molecule has 3 aromatic rings. The van der Waals surface area contributed by atoms with Crippen molar-refractivity contribution >= 4 is 17.2 Å². The molecular weight excluding hydrogens is 366 g/mol. The summed E-state index contributed by atoms with van der Waals surface area (Å²) in [7, 11) is 0. The summed E-state index contributed by atoms with van der Waals surface area (Å²) < 4.78 is 16.6. The highest BCUT2D eigenvalue weighted by Gasteiger charge is 2.29. The predicted molar refractivity (Wildman–Crippen MR) is 98.1 cm³/mol. The molecule has 2 aliphatic rings. The van der Waals surface area contributed by atoms with Crippen LogP contribution in [0.25, 0.3) is 11.5 Å². The van der Waals surface area contributed by atoms with E-state index in [1.54, 1.807) is 29.5 Å². The molecule has 138 valence electrons. The lowest BCUT2D eigenvalue weighted by Crippen LogP contribution is -2.39. The summed E-state index contributed by atoms with van der Waals surface area (Å²) in [5.41, 5.74) is 1.53. The molecule has 0 N–H and O–H groups in total. The van der Waals surface area contributed by atoms with Gasteiger partial charge in [-0.05, 0) is 42.5 Å². The number of benzene rings is 1. The van der Waals surface area contributed by atoms with Crippen molar-refractivity contribution in [2.24, 2.45) is 0 Å². The fourth-order valence-corrected chi connectivity index (χ4v) is 4.11. The molecule has 0 saturated carbocycles. The van der Waals surface area contributed by atoms with Crippen LogP contribution in [0.4, 0.5) is 0 Å². The van der Waals surface area contributed by atoms with Crippen molar-refractivity contribution in [2.45, 2.75) is 18.8 Å². The second-order valence-corrected chi connectivity index (χ2v) is 7.40. The summed E-state index contributed by atoms with van der Waals surface area (Å²) in [6, 6.07) is 7.26. The Bertz CT molecular complexity index is 969. The molecule has 0 spiro atoms. The Morgan fingerprint density at radius 3 is 3.00 bits per heavy atom. The van der Waals surface area contributed by atoms with Gasteiger partial charge in [0.1, 0.15) is 0 Å². The molecule has 1 aromatic carbocycles. The Balaban J connectivity index is 1.33. The molecule has 1 fully saturated rings. The number of ether oxygens (including phenoxy) is 2. The third-order valence-corrected chi connectivity index (χ3v) is 5.57. The van der Waals surface area contributed by atoms with Gasteiger partial charge in [-0.2, -0.15) is 11.3 Å². The molecule has 1 amide bonds. The molecule has 0 unspecified atom stereocenters. The molecule has 0 radical (unpaired) electrons. The monoisotopic (exact) mass is 383 g/mol. The summed E-state index contributed by atoms with van der Waals surface area (Å²) in [6.07, 6.45) is 1.83. The SMILES string of the molecule is O=C(c1ccc2c(c1)OCO2)N1CCC[C@@H](c2nnc(-c3ccsc3)o2)C1. The molecular formula is C19H17N3O4S. The maximum Gasteiger partial charge on any atom is 0.254 e. The standard InChI is InChI=1S/C19H17N3O4S/c23-19(12-3-4-15-16(8-12)25-11-24-15)22-6-1-2-13(9-22)17-20-21-18(26-17)14-5-7-27-10-14/h3-5,7-8,10,13H,1-2,6,9,11H2/t13-/m1/s1. The maximum atomic E-state index is 12.9. The molecule has 7 nitrogen and oxygen atoms in total. The zero-order valence-electron chi connectivity index (χ0n) is 14.5. The predicted octanol–water partition coefficient (Wildman–Crippen LogP) is 3.55. The first-order chi connectivity index (χ1) is 13.3. The van der Waals surface area contributed by atoms with Crippen LogP contribution in [-0.2, 0) is 0 Å². The second kappa shape index (κ2) is 6.70. The number of thiophene rings is 1. The lowest BCUT2D eigenvalue weighted by molar-refractivity contribution is 0.0698. The third-order valence-electron chi connectivity index (χ3n) is 4.89. The van der Waals surface area contributed by atoms with Crippen molar-refractivity contribution in [3.8, 4) is 23.0 Å². The Labute approximate surface area is 159 Å². The van der Waals surface area contributed by atoms with E-state index in [4.69, 9.17) is 13.9 Å². The Morgan fingerprint density at radius 2 is 2.11 bits per heavy atom. The van der Waals surface area contributed by atoms with Gasteiger partial charge < -0.3 is 18.8 Å². The van der Waals surface area contributed by atoms with Gasteiger partial charge in [0.15, 0.2) is 11.5 Å². The minimum absolute atomic E-state index is 0.0180. The highest BCUT2D eigenvalue weighted by molar-refractivity contribution is 7.08. The highest BCUT2D eigenvalue weighted by Crippen LogP contribution is 2.34. The summed E-state index contributed by atoms with van der Waals surface area (Å²) in [6.45, 7) is 1.48. The van der Waals surface area contributed by atoms with Crippen molar-refractivity contribution < 1.29 is 18.7 Å². The van der Waals surface area contributed by atoms with Gasteiger partial charge in [0.05, 0.1) is 5.92 Å². The van der Waals surface area contributed by atoms with Gasteiger partial charge in [0.2, 0.25) is 18.6 Å². The quantitative estimate of drug-likeness (QED) is 0.688. The van der Waals surface area contributed by atoms with Crippen LogP contribution in [0.3, 0.4) is 0 Å². The smallest absolute Gasteiger partial charge is 0.254 e. The fraction of sp³-hybridized carbons (Fsp3) is 0.316. The number of likely N-dealkylation sites (tertiary alicyclic amines) is 1. The zero-order chi connectivity index (χ0) is 18.2. The second-order valence-electron chi connectivity index (χ2n) is 6.62. The van der Waals surface area contributed by atoms with E-state index in [1.807, 2.05) is 21.7 Å². The molecule has 27 heavy (non-hydrogen) atoms. The molecule has 0 aliphatic carbocycles. The van der Waals surface area contributed by atoms with E-state index < -0.39 is 0 Å². The molecule has 2 aliphatic heterocycles. The van der Waals surface area contributed by atoms with Gasteiger partial charge in [-0.15, -0.1) is 10.2 Å². The van der Waals surface area contributed by atoms with Crippen molar-refractivity contribution in [1.29, 1.82) is 0 Å². The maximum absolute atomic E-state index is 12.9. The van der Waals surface area contributed by atoms with Crippen LogP contribution in [0.15, 0.2) is 39.4 Å². The van der Waals surface area contributed by atoms with Crippen LogP contribution in [0.2, 0.25) is 0 Å². The lowest BCUT2D eigenvalue weighted by Gasteiger charge is -2.31. The Morgan fingerprint density at radius 1 is 1.19 bits per heavy atom. The summed E-state index contributed by atoms with van der Waals surface area (Å²) in [5.74, 6) is 2.46. The average Bonchev–Trinajstić information content (AvgIpc) is 3.47. The van der Waals surface area contributed by atoms with E-state index in [1.165, 1.54) is 0 Å². The summed E-state index contributed by atoms with van der Waals surface area (Å²) in [5, 5.41) is 12.3. The fourth-order valence-electron chi connectivity index (χ4n) is 3.48. The van der Waals surface area contributed by atoms with E-state index >= 15 is 0 Å². The topological polar surface area (TPSA) is 77.7 Å². The lowest BCUT2D eigenvalue weighted by atomic mass is 9.97. The minimum atomic E-state index is -0.0180. The molecule has 4 heterocycles. The zero-order valence-corrected chi connectivity index (χ0v) is 15.3. The number of nitrogens with zero attached hydrogens (tertiary/aromatic N) is 3. The van der Waals surface area contributed by atoms with E-state index in [-0.39, 0.29) is 18.6 Å². The van der Waals surface area contributed by atoms with E-state index in [0.717, 1.165) is 24.9 Å². The Hall–Kier alpha value is -2.87. The van der Waals surface area contributed by atoms with Crippen LogP contribution in [-0.4, -0.2) is 40.9 Å². The first-order valence-electron chi connectivity index (χ1n) is 8.83. The molecule has 5 rings (SSSR count). The van der Waals surface area contributed by atoms with E-state index in [9.17, 15) is 4.79 Å². The first-order valence-corrected chi connectivity index (χ1v) is 9.77. The average molecular weight is 383 g/mol. The highest BCUT2D eigenvalue weighted by atomic mass is 32.1. The molecule has 0 bridgehead atoms. The van der Waals surface area contributed by atoms with Crippen LogP contribution >= 0.6 is 11.3 Å². The molecule has 1 saturated heterocycles. The van der Waals surface area contributed by atoms with Gasteiger partial charge in [0.25, 0.3) is 5.91 Å². The van der Waals surface area contributed by atoms with Crippen molar-refractivity contribution in [2.75, 3.05) is 19.9 Å². The van der Waals surface area contributed by atoms with Crippen LogP contribution in [0.5, 0.6) is 11.5 Å². The number of carbonyl (C=O) groups is 1. The number of rotatable bonds is 3. The summed E-state index contributed by atoms with van der Waals surface area (Å²) >= 11 is 1.59. The van der Waals surface area contributed by atoms with E-state index in [2.05, 4.69) is 10.2 Å². The molecule has 8 heteroatoms. The molecule has 1 atom stereocenters. The number of carbonyl (C=O) groups excluding carboxylic acids is 1. The van der Waals surface area contributed by atoms with Crippen molar-refractivity contribution in [3.05, 3.63) is 46.5 Å². The van der Waals surface area contributed by atoms with Gasteiger partial charge in [-0.25, -0.2) is 0 Å². The number of aromatic nitrogens is 2. The van der Waals surface area contributed by atoms with E-state index in [0.29, 0.717) is 35.4 Å². The van der Waals surface area contributed by atoms with Crippen molar-refractivity contribution in [3.63, 3.8) is 0 Å². The number of fused-ring (bicyclic) bond motifs is 1. The van der Waals surface area contributed by atoms with Gasteiger partial charge in [-0.1, -0.05) is 0 Å². The van der Waals surface area contributed by atoms with Crippen LogP contribution in [0, 0.1) is 0 Å². The first kappa shape index (κ1) is 16.3. The normalized spacial score (nSPS) is 18.7. The van der Waals surface area contributed by atoms with Crippen LogP contribution in [0.1, 0.15) is 35.0 Å². The van der Waals surface area contributed by atoms with Gasteiger partial charge in [-0.3, -0.25) is 4.79 Å². The number of amides is 1. The van der Waals surface area contributed by atoms with Gasteiger partial charge in [0, 0.05) is 29.6 Å². The van der Waals surface area contributed by atoms with Crippen LogP contribution < -0.4 is 9.47 Å². The largest absolute Gasteiger partial charge is 0.454 e. The number of hydrogen-bond donors (Lipinski definition) is 0. The molecule has 2 aromatic heterocycles. The minimum Gasteiger partial charge on any atom is -0.454 e. The Kier molecular flexibility index (Phi) is 4.05. The summed E-state index contributed by atoms with van der Waals surface area (Å²) in [4.78, 5) is 14.8. The van der Waals surface area contributed by atoms with Gasteiger partial charge >= 0.3 is 0 Å². The number of piperidine rings is 1. The third kappa shape index (κ3) is 3.06. The van der Waals surface area contributed by atoms with Crippen molar-refractivity contribution in [1.82, 2.24) is 15.1 Å².